The number of halogens is 1. The lowest BCUT2D eigenvalue weighted by atomic mass is 10.0. The maximum atomic E-state index is 13.2. The number of aromatic nitrogens is 4. The van der Waals surface area contributed by atoms with E-state index in [1.54, 1.807) is 48.9 Å². The maximum absolute atomic E-state index is 13.2. The van der Waals surface area contributed by atoms with E-state index in [9.17, 15) is 8.42 Å². The molecule has 0 radical (unpaired) electrons. The van der Waals surface area contributed by atoms with Crippen LogP contribution in [0.5, 0.6) is 11.6 Å². The summed E-state index contributed by atoms with van der Waals surface area (Å²) >= 11 is 6.19. The Morgan fingerprint density at radius 2 is 1.81 bits per heavy atom. The quantitative estimate of drug-likeness (QED) is 0.202. The van der Waals surface area contributed by atoms with Crippen LogP contribution in [-0.2, 0) is 10.0 Å². The fourth-order valence-electron chi connectivity index (χ4n) is 4.92. The number of aryl methyl sites for hydroxylation is 1. The smallest absolute Gasteiger partial charge is 0.263 e. The number of nitrogens with zero attached hydrogens (tertiary/aromatic N) is 4. The number of sulfonamides is 1. The first-order valence-electron chi connectivity index (χ1n) is 13.5. The number of hydrogen-bond acceptors (Lipinski definition) is 9. The Hall–Kier alpha value is -4.32. The van der Waals surface area contributed by atoms with E-state index in [2.05, 4.69) is 30.3 Å². The van der Waals surface area contributed by atoms with Crippen LogP contribution in [0.25, 0.3) is 22.2 Å². The fraction of sp³-hybridized carbons (Fsp3) is 0.200. The van der Waals surface area contributed by atoms with Crippen LogP contribution < -0.4 is 20.1 Å². The summed E-state index contributed by atoms with van der Waals surface area (Å²) in [5, 5.41) is 8.26. The molecule has 0 aliphatic carbocycles. The summed E-state index contributed by atoms with van der Waals surface area (Å²) in [4.78, 5) is 18.1. The molecule has 3 heterocycles. The van der Waals surface area contributed by atoms with Gasteiger partial charge < -0.3 is 15.4 Å². The van der Waals surface area contributed by atoms with E-state index < -0.39 is 10.0 Å². The molecule has 0 spiro atoms. The van der Waals surface area contributed by atoms with E-state index >= 15 is 0 Å². The summed E-state index contributed by atoms with van der Waals surface area (Å²) in [6.45, 7) is 3.78. The summed E-state index contributed by atoms with van der Waals surface area (Å²) in [6, 6.07) is 17.4. The van der Waals surface area contributed by atoms with Crippen LogP contribution in [0, 0.1) is 6.92 Å². The third-order valence-corrected chi connectivity index (χ3v) is 8.84. The minimum atomic E-state index is -3.94. The van der Waals surface area contributed by atoms with E-state index in [1.165, 1.54) is 12.1 Å². The van der Waals surface area contributed by atoms with Crippen molar-refractivity contribution in [3.05, 3.63) is 89.8 Å². The molecule has 3 N–H and O–H groups in total. The molecule has 12 heteroatoms. The highest BCUT2D eigenvalue weighted by atomic mass is 35.5. The van der Waals surface area contributed by atoms with E-state index in [4.69, 9.17) is 21.3 Å². The first kappa shape index (κ1) is 27.8. The largest absolute Gasteiger partial charge is 0.436 e. The number of anilines is 2. The fourth-order valence-corrected chi connectivity index (χ4v) is 6.52. The lowest BCUT2D eigenvalue weighted by Gasteiger charge is -2.23. The van der Waals surface area contributed by atoms with Gasteiger partial charge in [0.05, 0.1) is 16.4 Å². The molecule has 5 aromatic rings. The molecule has 0 unspecified atom stereocenters. The highest BCUT2D eigenvalue weighted by Crippen LogP contribution is 2.38. The Kier molecular flexibility index (Phi) is 7.88. The Labute approximate surface area is 248 Å². The number of rotatable bonds is 8. The molecule has 1 fully saturated rings. The Bertz CT molecular complexity index is 1860. The van der Waals surface area contributed by atoms with Gasteiger partial charge in [-0.15, -0.1) is 0 Å². The van der Waals surface area contributed by atoms with Crippen LogP contribution in [-0.4, -0.2) is 47.5 Å². The molecular weight excluding hydrogens is 574 g/mol. The highest BCUT2D eigenvalue weighted by molar-refractivity contribution is 7.92. The summed E-state index contributed by atoms with van der Waals surface area (Å²) in [5.74, 6) is 1.29. The molecular formula is C30H28ClN7O3S. The molecule has 2 aromatic heterocycles. The molecule has 1 aliphatic heterocycles. The van der Waals surface area contributed by atoms with E-state index in [0.29, 0.717) is 39.5 Å². The number of fused-ring (bicyclic) bond motifs is 1. The van der Waals surface area contributed by atoms with Crippen molar-refractivity contribution in [1.29, 1.82) is 0 Å². The van der Waals surface area contributed by atoms with Crippen LogP contribution in [0.2, 0.25) is 5.02 Å². The second-order valence-corrected chi connectivity index (χ2v) is 12.0. The summed E-state index contributed by atoms with van der Waals surface area (Å²) < 4.78 is 35.5. The molecule has 3 aromatic carbocycles. The predicted molar refractivity (Wildman–Crippen MR) is 164 cm³/mol. The summed E-state index contributed by atoms with van der Waals surface area (Å²) in [6.07, 6.45) is 6.94. The highest BCUT2D eigenvalue weighted by Gasteiger charge is 2.21. The second-order valence-electron chi connectivity index (χ2n) is 9.91. The number of ether oxygens (including phenoxy) is 1. The molecule has 1 saturated heterocycles. The van der Waals surface area contributed by atoms with Gasteiger partial charge in [0, 0.05) is 41.9 Å². The van der Waals surface area contributed by atoms with Crippen LogP contribution in [0.15, 0.2) is 84.1 Å². The minimum Gasteiger partial charge on any atom is -0.436 e. The zero-order valence-corrected chi connectivity index (χ0v) is 24.3. The maximum Gasteiger partial charge on any atom is 0.263 e. The zero-order valence-electron chi connectivity index (χ0n) is 22.7. The number of nitrogens with one attached hydrogen (secondary N) is 3. The van der Waals surface area contributed by atoms with Crippen molar-refractivity contribution in [2.75, 3.05) is 23.1 Å². The van der Waals surface area contributed by atoms with Crippen LogP contribution in [0.1, 0.15) is 18.4 Å². The van der Waals surface area contributed by atoms with E-state index in [-0.39, 0.29) is 21.8 Å². The minimum absolute atomic E-state index is 0.00471. The van der Waals surface area contributed by atoms with Crippen molar-refractivity contribution in [2.45, 2.75) is 30.7 Å². The normalized spacial score (nSPS) is 15.3. The molecule has 0 amide bonds. The van der Waals surface area contributed by atoms with Gasteiger partial charge in [0.2, 0.25) is 11.8 Å². The molecule has 0 saturated carbocycles. The SMILES string of the molecule is Cc1ccc2c(NS(=O)(=O)c3ccccc3Cl)cccc2c1Oc1nccnc1-c1ccnc(N[C@H]2CCCNC2)n1. The first-order chi connectivity index (χ1) is 20.4. The molecule has 6 rings (SSSR count). The molecule has 1 atom stereocenters. The lowest BCUT2D eigenvalue weighted by molar-refractivity contribution is 0.464. The average molecular weight is 602 g/mol. The zero-order chi connectivity index (χ0) is 29.1. The van der Waals surface area contributed by atoms with Crippen LogP contribution >= 0.6 is 11.6 Å². The Balaban J connectivity index is 1.34. The van der Waals surface area contributed by atoms with Crippen molar-refractivity contribution in [2.24, 2.45) is 0 Å². The Morgan fingerprint density at radius 3 is 2.64 bits per heavy atom. The second kappa shape index (κ2) is 11.9. The lowest BCUT2D eigenvalue weighted by Crippen LogP contribution is -2.38. The summed E-state index contributed by atoms with van der Waals surface area (Å²) in [5.41, 5.74) is 2.24. The molecule has 42 heavy (non-hydrogen) atoms. The van der Waals surface area contributed by atoms with Crippen molar-refractivity contribution in [1.82, 2.24) is 25.3 Å². The van der Waals surface area contributed by atoms with Crippen molar-refractivity contribution >= 4 is 44.0 Å². The Morgan fingerprint density at radius 1 is 0.952 bits per heavy atom. The number of hydrogen-bond donors (Lipinski definition) is 3. The summed E-state index contributed by atoms with van der Waals surface area (Å²) in [7, 11) is -3.94. The topological polar surface area (TPSA) is 131 Å². The molecule has 10 nitrogen and oxygen atoms in total. The van der Waals surface area contributed by atoms with E-state index in [1.807, 2.05) is 25.1 Å². The van der Waals surface area contributed by atoms with Crippen molar-refractivity contribution < 1.29 is 13.2 Å². The molecule has 0 bridgehead atoms. The third-order valence-electron chi connectivity index (χ3n) is 6.97. The predicted octanol–water partition coefficient (Wildman–Crippen LogP) is 5.81. The van der Waals surface area contributed by atoms with Gasteiger partial charge in [-0.05, 0) is 56.1 Å². The third kappa shape index (κ3) is 5.85. The van der Waals surface area contributed by atoms with Gasteiger partial charge in [-0.1, -0.05) is 48.0 Å². The van der Waals surface area contributed by atoms with Crippen LogP contribution in [0.4, 0.5) is 11.6 Å². The number of piperidine rings is 1. The first-order valence-corrected chi connectivity index (χ1v) is 15.3. The van der Waals surface area contributed by atoms with E-state index in [0.717, 1.165) is 31.5 Å². The van der Waals surface area contributed by atoms with Gasteiger partial charge in [0.25, 0.3) is 10.0 Å². The van der Waals surface area contributed by atoms with Gasteiger partial charge in [-0.25, -0.2) is 28.4 Å². The molecule has 214 valence electrons. The van der Waals surface area contributed by atoms with Gasteiger partial charge in [0.15, 0.2) is 5.69 Å². The van der Waals surface area contributed by atoms with Gasteiger partial charge in [0.1, 0.15) is 10.6 Å². The van der Waals surface area contributed by atoms with Crippen LogP contribution in [0.3, 0.4) is 0 Å². The van der Waals surface area contributed by atoms with Gasteiger partial charge in [-0.2, -0.15) is 0 Å². The monoisotopic (exact) mass is 601 g/mol. The average Bonchev–Trinajstić information content (AvgIpc) is 2.99. The van der Waals surface area contributed by atoms with Crippen molar-refractivity contribution in [3.8, 4) is 23.0 Å². The van der Waals surface area contributed by atoms with Gasteiger partial charge in [-0.3, -0.25) is 4.72 Å². The van der Waals surface area contributed by atoms with Gasteiger partial charge >= 0.3 is 0 Å². The standard InChI is InChI=1S/C30H28ClN7O3S/c1-19-11-12-21-22(7-4-9-24(21)38-42(39,40)26-10-3-2-8-23(26)31)28(19)41-29-27(33-16-17-34-29)25-13-15-35-30(37-25)36-20-6-5-14-32-18-20/h2-4,7-13,15-17,20,32,38H,5-6,14,18H2,1H3,(H,35,36,37)/t20-/m0/s1. The number of benzene rings is 3. The molecule has 1 aliphatic rings. The van der Waals surface area contributed by atoms with Crippen molar-refractivity contribution in [3.63, 3.8) is 0 Å².